The second-order valence-corrected chi connectivity index (χ2v) is 4.63. The first-order valence-electron chi connectivity index (χ1n) is 3.51. The van der Waals surface area contributed by atoms with Crippen molar-refractivity contribution in [2.75, 3.05) is 6.26 Å². The maximum Gasteiger partial charge on any atom is 0.237 e. The van der Waals surface area contributed by atoms with Gasteiger partial charge in [0.05, 0.1) is 12.2 Å². The van der Waals surface area contributed by atoms with Crippen molar-refractivity contribution in [1.29, 1.82) is 0 Å². The van der Waals surface area contributed by atoms with Crippen molar-refractivity contribution in [3.8, 4) is 0 Å². The van der Waals surface area contributed by atoms with E-state index < -0.39 is 21.8 Å². The minimum Gasteiger partial charge on any atom is -0.327 e. The van der Waals surface area contributed by atoms with Gasteiger partial charge in [-0.1, -0.05) is 6.92 Å². The summed E-state index contributed by atoms with van der Waals surface area (Å²) in [4.78, 5) is 11.0. The van der Waals surface area contributed by atoms with E-state index in [0.29, 0.717) is 0 Å². The summed E-state index contributed by atoms with van der Waals surface area (Å²) in [5, 5.41) is 0. The molecule has 0 aromatic heterocycles. The Labute approximate surface area is 72.4 Å². The molecule has 3 N–H and O–H groups in total. The van der Waals surface area contributed by atoms with E-state index >= 15 is 0 Å². The third-order valence-corrected chi connectivity index (χ3v) is 2.06. The van der Waals surface area contributed by atoms with Crippen molar-refractivity contribution in [3.63, 3.8) is 0 Å². The lowest BCUT2D eigenvalue weighted by Gasteiger charge is -2.13. The van der Waals surface area contributed by atoms with Crippen molar-refractivity contribution in [2.24, 2.45) is 11.7 Å². The molecule has 0 fully saturated rings. The van der Waals surface area contributed by atoms with Crippen molar-refractivity contribution in [3.05, 3.63) is 0 Å². The van der Waals surface area contributed by atoms with E-state index in [9.17, 15) is 13.2 Å². The Morgan fingerprint density at radius 2 is 1.83 bits per heavy atom. The van der Waals surface area contributed by atoms with Crippen LogP contribution in [0.2, 0.25) is 0 Å². The van der Waals surface area contributed by atoms with Crippen LogP contribution in [-0.2, 0) is 14.8 Å². The molecular formula is C6H14N2O3S. The Morgan fingerprint density at radius 3 is 2.08 bits per heavy atom. The number of sulfonamides is 1. The fourth-order valence-electron chi connectivity index (χ4n) is 0.514. The highest BCUT2D eigenvalue weighted by Gasteiger charge is 2.19. The van der Waals surface area contributed by atoms with Gasteiger partial charge in [0.1, 0.15) is 0 Å². The second kappa shape index (κ2) is 3.86. The number of rotatable bonds is 3. The van der Waals surface area contributed by atoms with Gasteiger partial charge in [0.15, 0.2) is 0 Å². The normalized spacial score (nSPS) is 16.7. The van der Waals surface area contributed by atoms with Gasteiger partial charge in [0.25, 0.3) is 0 Å². The number of hydrogen-bond acceptors (Lipinski definition) is 4. The lowest BCUT2D eigenvalue weighted by Crippen LogP contribution is -2.40. The zero-order valence-electron chi connectivity index (χ0n) is 7.37. The quantitative estimate of drug-likeness (QED) is 0.606. The molecule has 0 radical (unpaired) electrons. The Kier molecular flexibility index (Phi) is 3.66. The Balaban J connectivity index is 4.25. The van der Waals surface area contributed by atoms with Crippen LogP contribution in [0, 0.1) is 5.92 Å². The molecule has 12 heavy (non-hydrogen) atoms. The van der Waals surface area contributed by atoms with Crippen LogP contribution < -0.4 is 10.5 Å². The maximum atomic E-state index is 11.0. The minimum atomic E-state index is -3.46. The Hall–Kier alpha value is -0.620. The number of nitrogens with two attached hydrogens (primary N) is 1. The van der Waals surface area contributed by atoms with Gasteiger partial charge in [0, 0.05) is 6.04 Å². The number of carbonyl (C=O) groups is 1. The average molecular weight is 194 g/mol. The van der Waals surface area contributed by atoms with Crippen LogP contribution in [0.3, 0.4) is 0 Å². The summed E-state index contributed by atoms with van der Waals surface area (Å²) < 4.78 is 23.0. The van der Waals surface area contributed by atoms with E-state index in [1.165, 1.54) is 0 Å². The molecule has 0 spiro atoms. The molecule has 0 aliphatic rings. The summed E-state index contributed by atoms with van der Waals surface area (Å²) in [7, 11) is -3.46. The number of hydrogen-bond donors (Lipinski definition) is 2. The van der Waals surface area contributed by atoms with Crippen LogP contribution in [0.5, 0.6) is 0 Å². The van der Waals surface area contributed by atoms with Crippen LogP contribution in [0.15, 0.2) is 0 Å². The maximum absolute atomic E-state index is 11.0. The monoisotopic (exact) mass is 194 g/mol. The van der Waals surface area contributed by atoms with E-state index in [0.717, 1.165) is 6.26 Å². The summed E-state index contributed by atoms with van der Waals surface area (Å²) in [5.41, 5.74) is 5.40. The lowest BCUT2D eigenvalue weighted by molar-refractivity contribution is -0.123. The molecule has 0 bridgehead atoms. The zero-order valence-corrected chi connectivity index (χ0v) is 8.18. The van der Waals surface area contributed by atoms with Gasteiger partial charge in [-0.2, -0.15) is 0 Å². The zero-order chi connectivity index (χ0) is 9.94. The fourth-order valence-corrected chi connectivity index (χ4v) is 1.07. The average Bonchev–Trinajstić information content (AvgIpc) is 1.82. The Morgan fingerprint density at radius 1 is 1.42 bits per heavy atom. The van der Waals surface area contributed by atoms with E-state index in [1.807, 2.05) is 4.72 Å². The highest BCUT2D eigenvalue weighted by Crippen LogP contribution is 1.99. The van der Waals surface area contributed by atoms with Gasteiger partial charge in [0.2, 0.25) is 15.9 Å². The van der Waals surface area contributed by atoms with Gasteiger partial charge in [-0.25, -0.2) is 8.42 Å². The standard InChI is InChI=1S/C6H14N2O3S/c1-4(5(2)7)6(9)8-12(3,10)11/h4-5H,7H2,1-3H3,(H,8,9). The van der Waals surface area contributed by atoms with Gasteiger partial charge in [-0.3, -0.25) is 9.52 Å². The first-order chi connectivity index (χ1) is 5.24. The van der Waals surface area contributed by atoms with E-state index in [-0.39, 0.29) is 6.04 Å². The largest absolute Gasteiger partial charge is 0.327 e. The molecule has 0 aromatic carbocycles. The van der Waals surface area contributed by atoms with Crippen molar-refractivity contribution in [2.45, 2.75) is 19.9 Å². The molecule has 72 valence electrons. The Bertz CT molecular complexity index is 258. The molecular weight excluding hydrogens is 180 g/mol. The summed E-state index contributed by atoms with van der Waals surface area (Å²) in [6, 6.07) is -0.355. The number of nitrogens with one attached hydrogen (secondary N) is 1. The van der Waals surface area contributed by atoms with Gasteiger partial charge in [-0.15, -0.1) is 0 Å². The second-order valence-electron chi connectivity index (χ2n) is 2.89. The molecule has 0 heterocycles. The molecule has 5 nitrogen and oxygen atoms in total. The highest BCUT2D eigenvalue weighted by molar-refractivity contribution is 7.89. The summed E-state index contributed by atoms with van der Waals surface area (Å²) >= 11 is 0. The van der Waals surface area contributed by atoms with Crippen molar-refractivity contribution >= 4 is 15.9 Å². The predicted molar refractivity (Wildman–Crippen MR) is 45.8 cm³/mol. The molecule has 6 heteroatoms. The van der Waals surface area contributed by atoms with Gasteiger partial charge >= 0.3 is 0 Å². The molecule has 0 aromatic rings. The van der Waals surface area contributed by atoms with Crippen LogP contribution in [0.4, 0.5) is 0 Å². The molecule has 1 amide bonds. The molecule has 2 atom stereocenters. The summed E-state index contributed by atoms with van der Waals surface area (Å²) in [6.07, 6.45) is 0.929. The highest BCUT2D eigenvalue weighted by atomic mass is 32.2. The first kappa shape index (κ1) is 11.4. The SMILES string of the molecule is CC(N)C(C)C(=O)NS(C)(=O)=O. The van der Waals surface area contributed by atoms with Crippen LogP contribution in [0.25, 0.3) is 0 Å². The third kappa shape index (κ3) is 4.30. The summed E-state index contributed by atoms with van der Waals surface area (Å²) in [5.74, 6) is -1.06. The van der Waals surface area contributed by atoms with Crippen molar-refractivity contribution < 1.29 is 13.2 Å². The third-order valence-electron chi connectivity index (χ3n) is 1.49. The van der Waals surface area contributed by atoms with Crippen LogP contribution in [-0.4, -0.2) is 26.6 Å². The molecule has 0 saturated carbocycles. The lowest BCUT2D eigenvalue weighted by atomic mass is 10.1. The van der Waals surface area contributed by atoms with Crippen molar-refractivity contribution in [1.82, 2.24) is 4.72 Å². The molecule has 0 rings (SSSR count). The topological polar surface area (TPSA) is 89.3 Å². The smallest absolute Gasteiger partial charge is 0.237 e. The molecule has 0 aliphatic heterocycles. The van der Waals surface area contributed by atoms with E-state index in [2.05, 4.69) is 0 Å². The fraction of sp³-hybridized carbons (Fsp3) is 0.833. The van der Waals surface area contributed by atoms with E-state index in [1.54, 1.807) is 13.8 Å². The van der Waals surface area contributed by atoms with Gasteiger partial charge < -0.3 is 5.73 Å². The summed E-state index contributed by atoms with van der Waals surface area (Å²) in [6.45, 7) is 3.22. The number of carbonyl (C=O) groups excluding carboxylic acids is 1. The molecule has 2 unspecified atom stereocenters. The van der Waals surface area contributed by atoms with E-state index in [4.69, 9.17) is 5.73 Å². The van der Waals surface area contributed by atoms with Crippen LogP contribution >= 0.6 is 0 Å². The molecule has 0 aliphatic carbocycles. The van der Waals surface area contributed by atoms with Crippen LogP contribution in [0.1, 0.15) is 13.8 Å². The minimum absolute atomic E-state index is 0.355. The molecule has 0 saturated heterocycles. The predicted octanol–water partition coefficient (Wildman–Crippen LogP) is -0.954. The van der Waals surface area contributed by atoms with Gasteiger partial charge in [-0.05, 0) is 6.92 Å². The number of amides is 1. The first-order valence-corrected chi connectivity index (χ1v) is 5.40.